The minimum atomic E-state index is -0.600. The number of hydrogen-bond donors (Lipinski definition) is 0. The predicted octanol–water partition coefficient (Wildman–Crippen LogP) is 18.7. The third kappa shape index (κ3) is 54.1. The molecular weight excluding hydrogens is 837 g/mol. The fourth-order valence-corrected chi connectivity index (χ4v) is 6.64. The summed E-state index contributed by atoms with van der Waals surface area (Å²) in [5.41, 5.74) is 0. The van der Waals surface area contributed by atoms with Crippen LogP contribution in [0.1, 0.15) is 201 Å². The van der Waals surface area contributed by atoms with E-state index in [-0.39, 0.29) is 25.2 Å². The second-order valence-corrected chi connectivity index (χ2v) is 17.0. The standard InChI is InChI=1S/C63H98O5/c1-4-7-10-13-16-19-22-25-28-31-32-34-35-38-41-44-47-50-53-56-62(64)67-60-61(59-66-58-55-52-49-46-43-40-37-30-27-24-21-18-15-12-9-6-3)68-63(65)57-54-51-48-45-42-39-36-33-29-26-23-20-17-14-11-8-5-2/h7-12,16-21,25-30,32,34,36,38-39,41,45,48,61H,4-6,13-15,22-24,31,33,35,37,40,42-44,46-47,49-60H2,1-3H3/b10-7-,11-8-,12-9-,19-16-,20-17-,21-18-,28-25-,29-26-,30-27-,34-32-,39-36-,41-38-,48-45-. The van der Waals surface area contributed by atoms with Crippen LogP contribution in [0.3, 0.4) is 0 Å². The monoisotopic (exact) mass is 935 g/mol. The highest BCUT2D eigenvalue weighted by atomic mass is 16.6. The Bertz CT molecular complexity index is 1520. The second kappa shape index (κ2) is 56.8. The molecule has 0 bridgehead atoms. The largest absolute Gasteiger partial charge is 0.462 e. The molecule has 0 fully saturated rings. The topological polar surface area (TPSA) is 61.8 Å². The van der Waals surface area contributed by atoms with Crippen molar-refractivity contribution < 1.29 is 23.8 Å². The van der Waals surface area contributed by atoms with Crippen molar-refractivity contribution in [3.8, 4) is 0 Å². The number of ether oxygens (including phenoxy) is 3. The molecule has 0 saturated heterocycles. The van der Waals surface area contributed by atoms with Gasteiger partial charge in [0.15, 0.2) is 6.10 Å². The first-order chi connectivity index (χ1) is 33.6. The smallest absolute Gasteiger partial charge is 0.306 e. The van der Waals surface area contributed by atoms with Crippen molar-refractivity contribution in [1.82, 2.24) is 0 Å². The number of hydrogen-bond acceptors (Lipinski definition) is 5. The fraction of sp³-hybridized carbons (Fsp3) is 0.556. The number of carbonyl (C=O) groups excluding carboxylic acids is 2. The molecule has 1 unspecified atom stereocenters. The van der Waals surface area contributed by atoms with Gasteiger partial charge in [0.1, 0.15) is 6.61 Å². The molecule has 380 valence electrons. The number of rotatable bonds is 47. The molecule has 0 aliphatic rings. The summed E-state index contributed by atoms with van der Waals surface area (Å²) in [5.74, 6) is -0.523. The molecule has 5 heteroatoms. The van der Waals surface area contributed by atoms with Crippen LogP contribution in [-0.4, -0.2) is 37.9 Å². The summed E-state index contributed by atoms with van der Waals surface area (Å²) in [7, 11) is 0. The predicted molar refractivity (Wildman–Crippen MR) is 297 cm³/mol. The first-order valence-electron chi connectivity index (χ1n) is 27.0. The SMILES string of the molecule is CC/C=C\C/C=C\C/C=C\C/C=C\C/C=C\CCCCCC(=O)OCC(COCCCCCCCC/C=C\C/C=C\C/C=C\CC)OC(=O)CCC/C=C\C/C=C\C/C=C\C/C=C\C/C=C\CC. The summed E-state index contributed by atoms with van der Waals surface area (Å²) < 4.78 is 17.3. The van der Waals surface area contributed by atoms with Crippen molar-refractivity contribution in [3.05, 3.63) is 158 Å². The lowest BCUT2D eigenvalue weighted by molar-refractivity contribution is -0.162. The van der Waals surface area contributed by atoms with Crippen LogP contribution in [0.2, 0.25) is 0 Å². The minimum absolute atomic E-state index is 0.0282. The van der Waals surface area contributed by atoms with Gasteiger partial charge < -0.3 is 14.2 Å². The second-order valence-electron chi connectivity index (χ2n) is 17.0. The zero-order valence-electron chi connectivity index (χ0n) is 43.6. The van der Waals surface area contributed by atoms with Crippen molar-refractivity contribution in [1.29, 1.82) is 0 Å². The average Bonchev–Trinajstić information content (AvgIpc) is 3.34. The molecule has 0 saturated carbocycles. The first-order valence-corrected chi connectivity index (χ1v) is 27.0. The fourth-order valence-electron chi connectivity index (χ4n) is 6.64. The highest BCUT2D eigenvalue weighted by molar-refractivity contribution is 5.70. The van der Waals surface area contributed by atoms with Gasteiger partial charge in [-0.05, 0) is 135 Å². The Labute approximate surface area is 418 Å². The van der Waals surface area contributed by atoms with E-state index in [9.17, 15) is 9.59 Å². The maximum atomic E-state index is 12.8. The molecule has 0 radical (unpaired) electrons. The third-order valence-electron chi connectivity index (χ3n) is 10.5. The maximum Gasteiger partial charge on any atom is 0.306 e. The van der Waals surface area contributed by atoms with E-state index in [1.54, 1.807) is 0 Å². The molecule has 0 spiro atoms. The average molecular weight is 935 g/mol. The molecule has 0 aromatic carbocycles. The van der Waals surface area contributed by atoms with Crippen LogP contribution in [0.15, 0.2) is 158 Å². The molecule has 0 amide bonds. The molecule has 0 aromatic heterocycles. The Kier molecular flexibility index (Phi) is 53.1. The summed E-state index contributed by atoms with van der Waals surface area (Å²) in [6.07, 6.45) is 84.0. The maximum absolute atomic E-state index is 12.8. The minimum Gasteiger partial charge on any atom is -0.462 e. The summed E-state index contributed by atoms with van der Waals surface area (Å²) in [6.45, 7) is 7.34. The van der Waals surface area contributed by atoms with E-state index in [1.807, 2.05) is 0 Å². The molecule has 0 aliphatic carbocycles. The summed E-state index contributed by atoms with van der Waals surface area (Å²) >= 11 is 0. The normalized spacial score (nSPS) is 13.5. The van der Waals surface area contributed by atoms with Crippen LogP contribution in [0.4, 0.5) is 0 Å². The molecular formula is C63H98O5. The lowest BCUT2D eigenvalue weighted by Crippen LogP contribution is -2.30. The van der Waals surface area contributed by atoms with Crippen LogP contribution in [0.5, 0.6) is 0 Å². The molecule has 0 aliphatic heterocycles. The van der Waals surface area contributed by atoms with Gasteiger partial charge >= 0.3 is 11.9 Å². The van der Waals surface area contributed by atoms with E-state index in [4.69, 9.17) is 14.2 Å². The van der Waals surface area contributed by atoms with E-state index in [1.165, 1.54) is 25.7 Å². The van der Waals surface area contributed by atoms with E-state index >= 15 is 0 Å². The number of allylic oxidation sites excluding steroid dienone is 26. The van der Waals surface area contributed by atoms with Crippen LogP contribution >= 0.6 is 0 Å². The van der Waals surface area contributed by atoms with Crippen molar-refractivity contribution >= 4 is 11.9 Å². The Balaban J connectivity index is 4.50. The Morgan fingerprint density at radius 2 is 0.632 bits per heavy atom. The zero-order valence-corrected chi connectivity index (χ0v) is 43.6. The highest BCUT2D eigenvalue weighted by Crippen LogP contribution is 2.11. The van der Waals surface area contributed by atoms with Gasteiger partial charge in [-0.25, -0.2) is 0 Å². The van der Waals surface area contributed by atoms with Gasteiger partial charge in [0, 0.05) is 19.4 Å². The zero-order chi connectivity index (χ0) is 49.2. The van der Waals surface area contributed by atoms with Gasteiger partial charge in [-0.2, -0.15) is 0 Å². The molecule has 0 aromatic rings. The van der Waals surface area contributed by atoms with Gasteiger partial charge in [-0.1, -0.05) is 211 Å². The van der Waals surface area contributed by atoms with Crippen LogP contribution in [0, 0.1) is 0 Å². The van der Waals surface area contributed by atoms with Crippen molar-refractivity contribution in [2.24, 2.45) is 0 Å². The number of esters is 2. The summed E-state index contributed by atoms with van der Waals surface area (Å²) in [6, 6.07) is 0. The molecule has 0 heterocycles. The highest BCUT2D eigenvalue weighted by Gasteiger charge is 2.17. The van der Waals surface area contributed by atoms with Crippen LogP contribution in [-0.2, 0) is 23.8 Å². The van der Waals surface area contributed by atoms with E-state index in [0.29, 0.717) is 25.9 Å². The lowest BCUT2D eigenvalue weighted by atomic mass is 10.1. The number of carbonyl (C=O) groups is 2. The van der Waals surface area contributed by atoms with Gasteiger partial charge in [-0.15, -0.1) is 0 Å². The molecule has 0 N–H and O–H groups in total. The quantitative estimate of drug-likeness (QED) is 0.0346. The van der Waals surface area contributed by atoms with Gasteiger partial charge in [0.05, 0.1) is 6.61 Å². The molecule has 68 heavy (non-hydrogen) atoms. The van der Waals surface area contributed by atoms with E-state index < -0.39 is 6.10 Å². The third-order valence-corrected chi connectivity index (χ3v) is 10.5. The van der Waals surface area contributed by atoms with Crippen molar-refractivity contribution in [2.45, 2.75) is 207 Å². The van der Waals surface area contributed by atoms with Crippen molar-refractivity contribution in [3.63, 3.8) is 0 Å². The van der Waals surface area contributed by atoms with Crippen molar-refractivity contribution in [2.75, 3.05) is 19.8 Å². The van der Waals surface area contributed by atoms with Gasteiger partial charge in [-0.3, -0.25) is 9.59 Å². The lowest BCUT2D eigenvalue weighted by Gasteiger charge is -2.18. The van der Waals surface area contributed by atoms with Gasteiger partial charge in [0.25, 0.3) is 0 Å². The van der Waals surface area contributed by atoms with E-state index in [2.05, 4.69) is 179 Å². The van der Waals surface area contributed by atoms with Crippen LogP contribution < -0.4 is 0 Å². The molecule has 0 rings (SSSR count). The number of unbranched alkanes of at least 4 members (excludes halogenated alkanes) is 10. The van der Waals surface area contributed by atoms with E-state index in [0.717, 1.165) is 135 Å². The Morgan fingerprint density at radius 3 is 1.03 bits per heavy atom. The Hall–Kier alpha value is -4.48. The first kappa shape index (κ1) is 63.5. The summed E-state index contributed by atoms with van der Waals surface area (Å²) in [5, 5.41) is 0. The van der Waals surface area contributed by atoms with Gasteiger partial charge in [0.2, 0.25) is 0 Å². The summed E-state index contributed by atoms with van der Waals surface area (Å²) in [4.78, 5) is 25.5. The van der Waals surface area contributed by atoms with Crippen LogP contribution in [0.25, 0.3) is 0 Å². The Morgan fingerprint density at radius 1 is 0.324 bits per heavy atom. The molecule has 1 atom stereocenters. The molecule has 5 nitrogen and oxygen atoms in total.